The lowest BCUT2D eigenvalue weighted by molar-refractivity contribution is 0.457. The first kappa shape index (κ1) is 12.4. The Bertz CT molecular complexity index is 70.9. The topological polar surface area (TPSA) is 12.0 Å². The number of nitrogens with one attached hydrogen (secondary N) is 1. The van der Waals surface area contributed by atoms with Crippen LogP contribution in [0.25, 0.3) is 0 Å². The summed E-state index contributed by atoms with van der Waals surface area (Å²) in [5.41, 5.74) is 0. The molecule has 0 fully saturated rings. The van der Waals surface area contributed by atoms with Gasteiger partial charge in [0.2, 0.25) is 0 Å². The summed E-state index contributed by atoms with van der Waals surface area (Å²) < 4.78 is 11.6. The van der Waals surface area contributed by atoms with Gasteiger partial charge >= 0.3 is 0 Å². The maximum Gasteiger partial charge on any atom is 0.0906 e. The first-order valence-corrected chi connectivity index (χ1v) is 5.86. The molecule has 0 bridgehead atoms. The molecule has 74 valence electrons. The standard InChI is InChI=1S/C9H19BrFN/c10-6-3-1-2-4-8-12-9-5-7-11/h12H,1-9H2. The third-order valence-corrected chi connectivity index (χ3v) is 2.29. The van der Waals surface area contributed by atoms with Crippen molar-refractivity contribution in [2.75, 3.05) is 25.1 Å². The second-order valence-corrected chi connectivity index (χ2v) is 3.69. The van der Waals surface area contributed by atoms with Gasteiger partial charge in [-0.15, -0.1) is 0 Å². The van der Waals surface area contributed by atoms with Crippen molar-refractivity contribution in [3.05, 3.63) is 0 Å². The number of hydrogen-bond acceptors (Lipinski definition) is 1. The second-order valence-electron chi connectivity index (χ2n) is 2.90. The summed E-state index contributed by atoms with van der Waals surface area (Å²) in [6.07, 6.45) is 5.73. The molecule has 0 rings (SSSR count). The molecule has 0 spiro atoms. The molecule has 0 aromatic carbocycles. The van der Waals surface area contributed by atoms with Crippen molar-refractivity contribution in [2.45, 2.75) is 32.1 Å². The van der Waals surface area contributed by atoms with Crippen LogP contribution < -0.4 is 5.32 Å². The molecule has 0 aromatic heterocycles. The Kier molecular flexibility index (Phi) is 11.7. The zero-order chi connectivity index (χ0) is 9.07. The molecule has 0 atom stereocenters. The molecule has 1 N–H and O–H groups in total. The van der Waals surface area contributed by atoms with Gasteiger partial charge in [0.15, 0.2) is 0 Å². The van der Waals surface area contributed by atoms with E-state index in [0.29, 0.717) is 6.42 Å². The maximum absolute atomic E-state index is 11.6. The quantitative estimate of drug-likeness (QED) is 0.482. The van der Waals surface area contributed by atoms with E-state index >= 15 is 0 Å². The molecule has 0 unspecified atom stereocenters. The van der Waals surface area contributed by atoms with Crippen molar-refractivity contribution >= 4 is 15.9 Å². The smallest absolute Gasteiger partial charge is 0.0906 e. The highest BCUT2D eigenvalue weighted by Crippen LogP contribution is 2.00. The van der Waals surface area contributed by atoms with Crippen molar-refractivity contribution < 1.29 is 4.39 Å². The minimum Gasteiger partial charge on any atom is -0.317 e. The van der Waals surface area contributed by atoms with Crippen molar-refractivity contribution in [3.8, 4) is 0 Å². The number of hydrogen-bond donors (Lipinski definition) is 1. The monoisotopic (exact) mass is 239 g/mol. The lowest BCUT2D eigenvalue weighted by Gasteiger charge is -2.01. The van der Waals surface area contributed by atoms with Crippen molar-refractivity contribution in [3.63, 3.8) is 0 Å². The van der Waals surface area contributed by atoms with E-state index in [2.05, 4.69) is 21.2 Å². The normalized spacial score (nSPS) is 10.5. The van der Waals surface area contributed by atoms with E-state index in [1.54, 1.807) is 0 Å². The molecular weight excluding hydrogens is 221 g/mol. The Labute approximate surface area is 83.2 Å². The molecule has 0 aliphatic rings. The third kappa shape index (κ3) is 10.4. The van der Waals surface area contributed by atoms with Gasteiger partial charge < -0.3 is 5.32 Å². The van der Waals surface area contributed by atoms with Gasteiger partial charge in [-0.1, -0.05) is 28.8 Å². The van der Waals surface area contributed by atoms with E-state index in [9.17, 15) is 4.39 Å². The van der Waals surface area contributed by atoms with Crippen molar-refractivity contribution in [1.82, 2.24) is 5.32 Å². The molecule has 0 saturated heterocycles. The van der Waals surface area contributed by atoms with Crippen LogP contribution in [-0.4, -0.2) is 25.1 Å². The van der Waals surface area contributed by atoms with E-state index in [-0.39, 0.29) is 6.67 Å². The molecule has 0 amide bonds. The van der Waals surface area contributed by atoms with Crippen LogP contribution in [0.1, 0.15) is 32.1 Å². The predicted molar refractivity (Wildman–Crippen MR) is 55.7 cm³/mol. The molecule has 3 heteroatoms. The van der Waals surface area contributed by atoms with Crippen LogP contribution >= 0.6 is 15.9 Å². The molecule has 0 saturated carbocycles. The van der Waals surface area contributed by atoms with Gasteiger partial charge in [-0.25, -0.2) is 0 Å². The van der Waals surface area contributed by atoms with E-state index < -0.39 is 0 Å². The Morgan fingerprint density at radius 3 is 2.25 bits per heavy atom. The zero-order valence-electron chi connectivity index (χ0n) is 7.62. The van der Waals surface area contributed by atoms with Gasteiger partial charge in [-0.05, 0) is 32.4 Å². The lowest BCUT2D eigenvalue weighted by Crippen LogP contribution is -2.16. The molecule has 12 heavy (non-hydrogen) atoms. The van der Waals surface area contributed by atoms with Crippen LogP contribution in [0, 0.1) is 0 Å². The van der Waals surface area contributed by atoms with Gasteiger partial charge in [-0.2, -0.15) is 0 Å². The summed E-state index contributed by atoms with van der Waals surface area (Å²) in [5, 5.41) is 4.32. The summed E-state index contributed by atoms with van der Waals surface area (Å²) >= 11 is 3.40. The number of rotatable bonds is 9. The minimum absolute atomic E-state index is 0.198. The van der Waals surface area contributed by atoms with Crippen LogP contribution in [0.4, 0.5) is 4.39 Å². The minimum atomic E-state index is -0.198. The van der Waals surface area contributed by atoms with Gasteiger partial charge in [-0.3, -0.25) is 4.39 Å². The van der Waals surface area contributed by atoms with Gasteiger partial charge in [0.25, 0.3) is 0 Å². The van der Waals surface area contributed by atoms with Crippen LogP contribution in [-0.2, 0) is 0 Å². The predicted octanol–water partition coefficient (Wildman–Crippen LogP) is 2.89. The molecule has 0 aromatic rings. The fraction of sp³-hybridized carbons (Fsp3) is 1.00. The van der Waals surface area contributed by atoms with Crippen molar-refractivity contribution in [1.29, 1.82) is 0 Å². The Balaban J connectivity index is 2.73. The van der Waals surface area contributed by atoms with E-state index in [1.165, 1.54) is 25.7 Å². The Morgan fingerprint density at radius 1 is 0.917 bits per heavy atom. The lowest BCUT2D eigenvalue weighted by atomic mass is 10.2. The largest absolute Gasteiger partial charge is 0.317 e. The molecule has 1 nitrogen and oxygen atoms in total. The highest BCUT2D eigenvalue weighted by Gasteiger charge is 1.89. The maximum atomic E-state index is 11.6. The first-order valence-electron chi connectivity index (χ1n) is 4.74. The van der Waals surface area contributed by atoms with Crippen LogP contribution in [0.15, 0.2) is 0 Å². The van der Waals surface area contributed by atoms with Crippen LogP contribution in [0.2, 0.25) is 0 Å². The number of alkyl halides is 2. The average molecular weight is 240 g/mol. The highest BCUT2D eigenvalue weighted by atomic mass is 79.9. The summed E-state index contributed by atoms with van der Waals surface area (Å²) in [6.45, 7) is 1.67. The summed E-state index contributed by atoms with van der Waals surface area (Å²) in [5.74, 6) is 0. The Hall–Kier alpha value is 0.370. The van der Waals surface area contributed by atoms with Crippen molar-refractivity contribution in [2.24, 2.45) is 0 Å². The fourth-order valence-corrected chi connectivity index (χ4v) is 1.41. The highest BCUT2D eigenvalue weighted by molar-refractivity contribution is 9.09. The average Bonchev–Trinajstić information content (AvgIpc) is 2.10. The van der Waals surface area contributed by atoms with Crippen LogP contribution in [0.5, 0.6) is 0 Å². The van der Waals surface area contributed by atoms with Gasteiger partial charge in [0.05, 0.1) is 6.67 Å². The first-order chi connectivity index (χ1) is 5.91. The van der Waals surface area contributed by atoms with Gasteiger partial charge in [0, 0.05) is 5.33 Å². The van der Waals surface area contributed by atoms with Crippen LogP contribution in [0.3, 0.4) is 0 Å². The molecular formula is C9H19BrFN. The third-order valence-electron chi connectivity index (χ3n) is 1.72. The van der Waals surface area contributed by atoms with E-state index in [4.69, 9.17) is 0 Å². The number of unbranched alkanes of at least 4 members (excludes halogenated alkanes) is 3. The zero-order valence-corrected chi connectivity index (χ0v) is 9.21. The number of halogens is 2. The second kappa shape index (κ2) is 11.4. The molecule has 0 aliphatic heterocycles. The van der Waals surface area contributed by atoms with Gasteiger partial charge in [0.1, 0.15) is 0 Å². The summed E-state index contributed by atoms with van der Waals surface area (Å²) in [6, 6.07) is 0. The SMILES string of the molecule is FCCCNCCCCCCBr. The Morgan fingerprint density at radius 2 is 1.58 bits per heavy atom. The molecule has 0 aliphatic carbocycles. The fourth-order valence-electron chi connectivity index (χ4n) is 1.01. The van der Waals surface area contributed by atoms with E-state index in [1.807, 2.05) is 0 Å². The van der Waals surface area contributed by atoms with E-state index in [0.717, 1.165) is 18.4 Å². The summed E-state index contributed by atoms with van der Waals surface area (Å²) in [4.78, 5) is 0. The molecule has 0 heterocycles. The molecule has 0 radical (unpaired) electrons. The summed E-state index contributed by atoms with van der Waals surface area (Å²) in [7, 11) is 0.